The van der Waals surface area contributed by atoms with Gasteiger partial charge < -0.3 is 4.74 Å². The maximum absolute atomic E-state index is 12.0. The Kier molecular flexibility index (Phi) is 5.94. The summed E-state index contributed by atoms with van der Waals surface area (Å²) in [5.41, 5.74) is -0.819. The Morgan fingerprint density at radius 2 is 1.82 bits per heavy atom. The number of carbonyl (C=O) groups is 1. The average molecular weight is 240 g/mol. The van der Waals surface area contributed by atoms with Gasteiger partial charge in [0.15, 0.2) is 0 Å². The lowest BCUT2D eigenvalue weighted by Gasteiger charge is -2.29. The molecule has 0 aliphatic rings. The molecule has 17 heavy (non-hydrogen) atoms. The van der Waals surface area contributed by atoms with Crippen LogP contribution in [0.15, 0.2) is 12.7 Å². The van der Waals surface area contributed by atoms with Gasteiger partial charge in [-0.1, -0.05) is 13.0 Å². The van der Waals surface area contributed by atoms with Crippen molar-refractivity contribution >= 4 is 5.97 Å². The van der Waals surface area contributed by atoms with E-state index in [0.717, 1.165) is 19.3 Å². The molecule has 0 fully saturated rings. The van der Waals surface area contributed by atoms with Gasteiger partial charge in [0.05, 0.1) is 5.41 Å². The lowest BCUT2D eigenvalue weighted by atomic mass is 9.84. The molecular formula is C15H28O2. The monoisotopic (exact) mass is 240 g/mol. The van der Waals surface area contributed by atoms with E-state index in [1.54, 1.807) is 0 Å². The third-order valence-electron chi connectivity index (χ3n) is 2.95. The second-order valence-corrected chi connectivity index (χ2v) is 6.33. The van der Waals surface area contributed by atoms with Crippen molar-refractivity contribution in [2.45, 2.75) is 66.4 Å². The van der Waals surface area contributed by atoms with Gasteiger partial charge in [0.2, 0.25) is 0 Å². The molecule has 1 atom stereocenters. The van der Waals surface area contributed by atoms with Crippen molar-refractivity contribution in [3.63, 3.8) is 0 Å². The first-order chi connectivity index (χ1) is 7.62. The van der Waals surface area contributed by atoms with Crippen LogP contribution in [0.1, 0.15) is 60.8 Å². The van der Waals surface area contributed by atoms with Crippen LogP contribution >= 0.6 is 0 Å². The zero-order valence-electron chi connectivity index (χ0n) is 12.3. The Labute approximate surface area is 106 Å². The molecule has 2 heteroatoms. The molecule has 0 aromatic heterocycles. The van der Waals surface area contributed by atoms with Crippen LogP contribution in [-0.2, 0) is 9.53 Å². The minimum Gasteiger partial charge on any atom is -0.460 e. The van der Waals surface area contributed by atoms with E-state index in [4.69, 9.17) is 4.74 Å². The molecule has 0 heterocycles. The molecule has 0 aliphatic heterocycles. The number of allylic oxidation sites excluding steroid dienone is 1. The summed E-state index contributed by atoms with van der Waals surface area (Å²) < 4.78 is 5.44. The summed E-state index contributed by atoms with van der Waals surface area (Å²) in [6, 6.07) is 0. The van der Waals surface area contributed by atoms with Crippen molar-refractivity contribution in [1.29, 1.82) is 0 Å². The van der Waals surface area contributed by atoms with Crippen LogP contribution in [0, 0.1) is 11.3 Å². The van der Waals surface area contributed by atoms with Crippen molar-refractivity contribution in [2.24, 2.45) is 11.3 Å². The molecule has 0 amide bonds. The molecule has 0 rings (SSSR count). The van der Waals surface area contributed by atoms with Crippen LogP contribution in [0.4, 0.5) is 0 Å². The van der Waals surface area contributed by atoms with Gasteiger partial charge in [0.1, 0.15) is 5.60 Å². The molecule has 0 aromatic carbocycles. The van der Waals surface area contributed by atoms with E-state index in [-0.39, 0.29) is 5.97 Å². The van der Waals surface area contributed by atoms with Crippen LogP contribution in [0.5, 0.6) is 0 Å². The van der Waals surface area contributed by atoms with Crippen molar-refractivity contribution < 1.29 is 9.53 Å². The summed E-state index contributed by atoms with van der Waals surface area (Å²) in [6.45, 7) is 15.6. The van der Waals surface area contributed by atoms with Crippen LogP contribution in [-0.4, -0.2) is 11.6 Å². The second-order valence-electron chi connectivity index (χ2n) is 6.33. The predicted molar refractivity (Wildman–Crippen MR) is 72.8 cm³/mol. The van der Waals surface area contributed by atoms with E-state index >= 15 is 0 Å². The zero-order valence-corrected chi connectivity index (χ0v) is 12.3. The molecule has 0 bridgehead atoms. The van der Waals surface area contributed by atoms with Crippen molar-refractivity contribution in [1.82, 2.24) is 0 Å². The van der Waals surface area contributed by atoms with Gasteiger partial charge in [-0.3, -0.25) is 4.79 Å². The summed E-state index contributed by atoms with van der Waals surface area (Å²) in [7, 11) is 0. The fourth-order valence-electron chi connectivity index (χ4n) is 1.55. The quantitative estimate of drug-likeness (QED) is 0.510. The van der Waals surface area contributed by atoms with Crippen LogP contribution in [0.25, 0.3) is 0 Å². The first-order valence-corrected chi connectivity index (χ1v) is 6.48. The Hall–Kier alpha value is -0.790. The highest BCUT2D eigenvalue weighted by Gasteiger charge is 2.32. The highest BCUT2D eigenvalue weighted by atomic mass is 16.6. The fourth-order valence-corrected chi connectivity index (χ4v) is 1.55. The van der Waals surface area contributed by atoms with Crippen LogP contribution < -0.4 is 0 Å². The molecule has 2 nitrogen and oxygen atoms in total. The van der Waals surface area contributed by atoms with Gasteiger partial charge in [-0.25, -0.2) is 0 Å². The lowest BCUT2D eigenvalue weighted by Crippen LogP contribution is -2.34. The molecule has 0 aliphatic carbocycles. The van der Waals surface area contributed by atoms with E-state index in [2.05, 4.69) is 13.5 Å². The van der Waals surface area contributed by atoms with Crippen LogP contribution in [0.2, 0.25) is 0 Å². The van der Waals surface area contributed by atoms with E-state index in [1.165, 1.54) is 0 Å². The minimum absolute atomic E-state index is 0.107. The SMILES string of the molecule is C=CC(CC)CCC(C)(C)C(=O)OC(C)(C)C. The Balaban J connectivity index is 4.36. The Morgan fingerprint density at radius 3 is 2.18 bits per heavy atom. The zero-order chi connectivity index (χ0) is 13.7. The molecule has 0 N–H and O–H groups in total. The number of carbonyl (C=O) groups excluding carboxylic acids is 1. The number of rotatable bonds is 6. The topological polar surface area (TPSA) is 26.3 Å². The van der Waals surface area contributed by atoms with Gasteiger partial charge in [-0.15, -0.1) is 6.58 Å². The maximum Gasteiger partial charge on any atom is 0.312 e. The van der Waals surface area contributed by atoms with Gasteiger partial charge in [-0.2, -0.15) is 0 Å². The van der Waals surface area contributed by atoms with Gasteiger partial charge in [0.25, 0.3) is 0 Å². The third-order valence-corrected chi connectivity index (χ3v) is 2.95. The van der Waals surface area contributed by atoms with Crippen molar-refractivity contribution in [3.8, 4) is 0 Å². The highest BCUT2D eigenvalue weighted by molar-refractivity contribution is 5.76. The summed E-state index contributed by atoms with van der Waals surface area (Å²) >= 11 is 0. The predicted octanol–water partition coefficient (Wildman–Crippen LogP) is 4.35. The van der Waals surface area contributed by atoms with E-state index in [0.29, 0.717) is 5.92 Å². The molecule has 0 spiro atoms. The second kappa shape index (κ2) is 6.23. The average Bonchev–Trinajstić information content (AvgIpc) is 2.16. The van der Waals surface area contributed by atoms with Crippen molar-refractivity contribution in [2.75, 3.05) is 0 Å². The summed E-state index contributed by atoms with van der Waals surface area (Å²) in [5, 5.41) is 0. The molecule has 0 aromatic rings. The van der Waals surface area contributed by atoms with Gasteiger partial charge in [0, 0.05) is 0 Å². The number of ether oxygens (including phenoxy) is 1. The first-order valence-electron chi connectivity index (χ1n) is 6.48. The maximum atomic E-state index is 12.0. The molecule has 100 valence electrons. The normalized spacial score (nSPS) is 14.2. The number of hydrogen-bond acceptors (Lipinski definition) is 2. The largest absolute Gasteiger partial charge is 0.460 e. The number of hydrogen-bond donors (Lipinski definition) is 0. The van der Waals surface area contributed by atoms with Crippen molar-refractivity contribution in [3.05, 3.63) is 12.7 Å². The molecule has 0 saturated heterocycles. The number of esters is 1. The lowest BCUT2D eigenvalue weighted by molar-refractivity contribution is -0.166. The fraction of sp³-hybridized carbons (Fsp3) is 0.800. The smallest absolute Gasteiger partial charge is 0.312 e. The van der Waals surface area contributed by atoms with Gasteiger partial charge >= 0.3 is 5.97 Å². The van der Waals surface area contributed by atoms with Gasteiger partial charge in [-0.05, 0) is 59.8 Å². The van der Waals surface area contributed by atoms with E-state index < -0.39 is 11.0 Å². The van der Waals surface area contributed by atoms with E-state index in [9.17, 15) is 4.79 Å². The molecular weight excluding hydrogens is 212 g/mol. The van der Waals surface area contributed by atoms with Crippen LogP contribution in [0.3, 0.4) is 0 Å². The third kappa shape index (κ3) is 6.50. The molecule has 1 unspecified atom stereocenters. The minimum atomic E-state index is -0.413. The Bertz CT molecular complexity index is 259. The standard InChI is InChI=1S/C15H28O2/c1-8-12(9-2)10-11-15(6,7)13(16)17-14(3,4)5/h8,12H,1,9-11H2,2-7H3. The summed E-state index contributed by atoms with van der Waals surface area (Å²) in [5.74, 6) is 0.389. The van der Waals surface area contributed by atoms with E-state index in [1.807, 2.05) is 40.7 Å². The summed E-state index contributed by atoms with van der Waals surface area (Å²) in [4.78, 5) is 12.0. The summed E-state index contributed by atoms with van der Waals surface area (Å²) in [6.07, 6.45) is 4.89. The molecule has 0 radical (unpaired) electrons. The molecule has 0 saturated carbocycles. The first kappa shape index (κ1) is 16.2. The highest BCUT2D eigenvalue weighted by Crippen LogP contribution is 2.29. The Morgan fingerprint density at radius 1 is 1.29 bits per heavy atom.